The van der Waals surface area contributed by atoms with Gasteiger partial charge in [0.15, 0.2) is 5.78 Å². The molecule has 4 heteroatoms. The first kappa shape index (κ1) is 18.9. The van der Waals surface area contributed by atoms with Crippen LogP contribution in [0.4, 0.5) is 0 Å². The van der Waals surface area contributed by atoms with Crippen LogP contribution in [-0.2, 0) is 12.8 Å². The first-order valence-electron chi connectivity index (χ1n) is 10.5. The topological polar surface area (TPSA) is 48.4 Å². The number of pyridine rings is 1. The minimum atomic E-state index is -0.0570. The van der Waals surface area contributed by atoms with Gasteiger partial charge >= 0.3 is 0 Å². The molecule has 0 fully saturated rings. The molecule has 2 atom stereocenters. The van der Waals surface area contributed by atoms with E-state index in [1.807, 2.05) is 31.2 Å². The van der Waals surface area contributed by atoms with Crippen molar-refractivity contribution in [2.45, 2.75) is 52.7 Å². The number of aryl methyl sites for hydroxylation is 2. The molecule has 30 heavy (non-hydrogen) atoms. The van der Waals surface area contributed by atoms with E-state index in [-0.39, 0.29) is 18.0 Å². The molecule has 2 aromatic carbocycles. The molecule has 0 bridgehead atoms. The van der Waals surface area contributed by atoms with E-state index in [1.165, 1.54) is 16.7 Å². The normalized spacial score (nSPS) is 19.1. The van der Waals surface area contributed by atoms with E-state index >= 15 is 0 Å². The van der Waals surface area contributed by atoms with E-state index in [1.54, 1.807) is 6.20 Å². The minimum absolute atomic E-state index is 0.0570. The summed E-state index contributed by atoms with van der Waals surface area (Å²) in [5.74, 6) is 1.60. The standard InChI is InChI=1S/C26H25NO3/c1-14-5-8-19(25-21(14)11-16(3)29-25)23-10-7-18(13-27-23)24(28)20-9-6-15(2)22-12-17(4)30-26(20)22/h5-10,13,16-17H,11-12H2,1-4H3. The van der Waals surface area contributed by atoms with Crippen molar-refractivity contribution in [3.8, 4) is 22.8 Å². The zero-order valence-corrected chi connectivity index (χ0v) is 17.8. The fourth-order valence-corrected chi connectivity index (χ4v) is 4.51. The highest BCUT2D eigenvalue weighted by Crippen LogP contribution is 2.40. The van der Waals surface area contributed by atoms with Crippen molar-refractivity contribution >= 4 is 5.78 Å². The van der Waals surface area contributed by atoms with Crippen molar-refractivity contribution < 1.29 is 14.3 Å². The van der Waals surface area contributed by atoms with Gasteiger partial charge in [0.1, 0.15) is 23.7 Å². The number of ether oxygens (including phenoxy) is 2. The predicted octanol–water partition coefficient (Wildman–Crippen LogP) is 5.24. The van der Waals surface area contributed by atoms with E-state index in [4.69, 9.17) is 9.47 Å². The van der Waals surface area contributed by atoms with Crippen LogP contribution in [0.25, 0.3) is 11.3 Å². The smallest absolute Gasteiger partial charge is 0.198 e. The molecule has 0 saturated carbocycles. The van der Waals surface area contributed by atoms with Crippen molar-refractivity contribution in [3.05, 3.63) is 76.0 Å². The SMILES string of the molecule is Cc1ccc(C(=O)c2ccc(-c3ccc(C)c4c3OC(C)C4)nc2)c2c1CC(C)O2. The molecule has 0 aliphatic carbocycles. The molecular formula is C26H25NO3. The number of nitrogens with zero attached hydrogens (tertiary/aromatic N) is 1. The molecule has 0 amide bonds. The Kier molecular flexibility index (Phi) is 4.39. The Hall–Kier alpha value is -3.14. The van der Waals surface area contributed by atoms with Crippen LogP contribution >= 0.6 is 0 Å². The molecule has 2 aliphatic heterocycles. The van der Waals surface area contributed by atoms with E-state index in [2.05, 4.69) is 37.9 Å². The minimum Gasteiger partial charge on any atom is -0.489 e. The van der Waals surface area contributed by atoms with Crippen LogP contribution in [0.2, 0.25) is 0 Å². The van der Waals surface area contributed by atoms with Crippen LogP contribution in [0.5, 0.6) is 11.5 Å². The second-order valence-electron chi connectivity index (χ2n) is 8.50. The summed E-state index contributed by atoms with van der Waals surface area (Å²) in [7, 11) is 0. The molecule has 3 heterocycles. The summed E-state index contributed by atoms with van der Waals surface area (Å²) in [6, 6.07) is 11.8. The third-order valence-electron chi connectivity index (χ3n) is 6.16. The van der Waals surface area contributed by atoms with Crippen LogP contribution in [0, 0.1) is 13.8 Å². The summed E-state index contributed by atoms with van der Waals surface area (Å²) in [4.78, 5) is 17.8. The number of aromatic nitrogens is 1. The second-order valence-corrected chi connectivity index (χ2v) is 8.50. The van der Waals surface area contributed by atoms with Gasteiger partial charge in [-0.2, -0.15) is 0 Å². The Bertz CT molecular complexity index is 1160. The molecular weight excluding hydrogens is 374 g/mol. The van der Waals surface area contributed by atoms with E-state index in [0.29, 0.717) is 11.1 Å². The third-order valence-corrected chi connectivity index (χ3v) is 6.16. The van der Waals surface area contributed by atoms with Gasteiger partial charge in [-0.3, -0.25) is 9.78 Å². The van der Waals surface area contributed by atoms with Crippen molar-refractivity contribution in [2.24, 2.45) is 0 Å². The van der Waals surface area contributed by atoms with Crippen LogP contribution in [0.3, 0.4) is 0 Å². The zero-order chi connectivity index (χ0) is 21.0. The van der Waals surface area contributed by atoms with E-state index in [9.17, 15) is 4.79 Å². The van der Waals surface area contributed by atoms with E-state index < -0.39 is 0 Å². The van der Waals surface area contributed by atoms with Crippen molar-refractivity contribution in [2.75, 3.05) is 0 Å². The van der Waals surface area contributed by atoms with Crippen LogP contribution in [0.15, 0.2) is 42.6 Å². The monoisotopic (exact) mass is 399 g/mol. The summed E-state index contributed by atoms with van der Waals surface area (Å²) in [6.07, 6.45) is 3.69. The van der Waals surface area contributed by atoms with Gasteiger partial charge in [0.2, 0.25) is 0 Å². The van der Waals surface area contributed by atoms with Crippen LogP contribution in [0.1, 0.15) is 52.0 Å². The number of carbonyl (C=O) groups excluding carboxylic acids is 1. The van der Waals surface area contributed by atoms with Crippen LogP contribution in [-0.4, -0.2) is 23.0 Å². The van der Waals surface area contributed by atoms with Gasteiger partial charge in [-0.1, -0.05) is 12.1 Å². The Labute approximate surface area is 176 Å². The number of hydrogen-bond acceptors (Lipinski definition) is 4. The summed E-state index contributed by atoms with van der Waals surface area (Å²) >= 11 is 0. The average molecular weight is 399 g/mol. The number of carbonyl (C=O) groups is 1. The summed E-state index contributed by atoms with van der Waals surface area (Å²) in [6.45, 7) is 8.30. The fraction of sp³-hybridized carbons (Fsp3) is 0.308. The molecule has 152 valence electrons. The Balaban J connectivity index is 1.49. The van der Waals surface area contributed by atoms with Crippen molar-refractivity contribution in [1.82, 2.24) is 4.98 Å². The number of ketones is 1. The number of fused-ring (bicyclic) bond motifs is 2. The number of rotatable bonds is 3. The van der Waals surface area contributed by atoms with Gasteiger partial charge in [-0.05, 0) is 63.1 Å². The second kappa shape index (κ2) is 6.98. The number of benzene rings is 2. The lowest BCUT2D eigenvalue weighted by Gasteiger charge is -2.12. The molecule has 0 saturated heterocycles. The molecule has 5 rings (SSSR count). The Morgan fingerprint density at radius 3 is 2.17 bits per heavy atom. The highest BCUT2D eigenvalue weighted by molar-refractivity contribution is 6.11. The lowest BCUT2D eigenvalue weighted by atomic mass is 9.96. The maximum Gasteiger partial charge on any atom is 0.198 e. The first-order valence-corrected chi connectivity index (χ1v) is 10.5. The summed E-state index contributed by atoms with van der Waals surface area (Å²) in [5.41, 5.74) is 7.77. The van der Waals surface area contributed by atoms with Gasteiger partial charge in [0, 0.05) is 41.3 Å². The molecule has 1 aromatic heterocycles. The highest BCUT2D eigenvalue weighted by atomic mass is 16.5. The van der Waals surface area contributed by atoms with Crippen molar-refractivity contribution in [3.63, 3.8) is 0 Å². The Morgan fingerprint density at radius 2 is 1.50 bits per heavy atom. The molecule has 2 aliphatic rings. The van der Waals surface area contributed by atoms with Gasteiger partial charge in [-0.15, -0.1) is 0 Å². The van der Waals surface area contributed by atoms with Crippen molar-refractivity contribution in [1.29, 1.82) is 0 Å². The highest BCUT2D eigenvalue weighted by Gasteiger charge is 2.28. The maximum absolute atomic E-state index is 13.2. The van der Waals surface area contributed by atoms with Gasteiger partial charge in [0.25, 0.3) is 0 Å². The lowest BCUT2D eigenvalue weighted by Crippen LogP contribution is -2.08. The zero-order valence-electron chi connectivity index (χ0n) is 17.8. The summed E-state index contributed by atoms with van der Waals surface area (Å²) < 4.78 is 12.0. The Morgan fingerprint density at radius 1 is 0.867 bits per heavy atom. The summed E-state index contributed by atoms with van der Waals surface area (Å²) in [5, 5.41) is 0. The molecule has 0 radical (unpaired) electrons. The van der Waals surface area contributed by atoms with Gasteiger partial charge in [-0.25, -0.2) is 0 Å². The van der Waals surface area contributed by atoms with Gasteiger partial charge < -0.3 is 9.47 Å². The quantitative estimate of drug-likeness (QED) is 0.565. The third kappa shape index (κ3) is 2.98. The average Bonchev–Trinajstić information content (AvgIpc) is 3.32. The first-order chi connectivity index (χ1) is 14.4. The molecule has 0 N–H and O–H groups in total. The maximum atomic E-state index is 13.2. The molecule has 3 aromatic rings. The van der Waals surface area contributed by atoms with E-state index in [0.717, 1.165) is 41.2 Å². The van der Waals surface area contributed by atoms with Crippen LogP contribution < -0.4 is 9.47 Å². The fourth-order valence-electron chi connectivity index (χ4n) is 4.51. The predicted molar refractivity (Wildman–Crippen MR) is 117 cm³/mol. The molecule has 2 unspecified atom stereocenters. The molecule has 4 nitrogen and oxygen atoms in total. The molecule has 0 spiro atoms. The lowest BCUT2D eigenvalue weighted by molar-refractivity contribution is 0.103. The largest absolute Gasteiger partial charge is 0.489 e. The number of hydrogen-bond donors (Lipinski definition) is 0. The van der Waals surface area contributed by atoms with Gasteiger partial charge in [0.05, 0.1) is 11.3 Å².